The molecule has 2 rings (SSSR count). The second-order valence-corrected chi connectivity index (χ2v) is 5.11. The molecule has 1 heterocycles. The third-order valence-corrected chi connectivity index (χ3v) is 3.39. The van der Waals surface area contributed by atoms with Gasteiger partial charge in [-0.3, -0.25) is 4.79 Å². The highest BCUT2D eigenvalue weighted by Crippen LogP contribution is 2.21. The maximum atomic E-state index is 12.1. The average Bonchev–Trinajstić information content (AvgIpc) is 2.97. The third-order valence-electron chi connectivity index (χ3n) is 3.39. The second-order valence-electron chi connectivity index (χ2n) is 5.11. The van der Waals surface area contributed by atoms with Gasteiger partial charge in [0, 0.05) is 24.5 Å². The molecule has 1 aliphatic rings. The van der Waals surface area contributed by atoms with Crippen LogP contribution < -0.4 is 21.7 Å². The Bertz CT molecular complexity index is 535. The normalized spacial score (nSPS) is 20.5. The van der Waals surface area contributed by atoms with Crippen molar-refractivity contribution < 1.29 is 14.3 Å². The molecule has 0 bridgehead atoms. The number of carbonyl (C=O) groups excluding carboxylic acids is 2. The van der Waals surface area contributed by atoms with Crippen LogP contribution >= 0.6 is 0 Å². The van der Waals surface area contributed by atoms with Crippen molar-refractivity contribution in [2.75, 3.05) is 23.7 Å². The summed E-state index contributed by atoms with van der Waals surface area (Å²) in [5.41, 5.74) is 6.75. The van der Waals surface area contributed by atoms with E-state index in [2.05, 4.69) is 16.0 Å². The number of rotatable bonds is 5. The van der Waals surface area contributed by atoms with Crippen LogP contribution in [0, 0.1) is 0 Å². The maximum Gasteiger partial charge on any atom is 0.319 e. The minimum atomic E-state index is -0.464. The molecular formula is C15H22N4O3. The van der Waals surface area contributed by atoms with Crippen molar-refractivity contribution in [1.82, 2.24) is 5.32 Å². The Morgan fingerprint density at radius 3 is 2.64 bits per heavy atom. The largest absolute Gasteiger partial charge is 0.364 e. The highest BCUT2D eigenvalue weighted by atomic mass is 16.5. The van der Waals surface area contributed by atoms with E-state index in [1.807, 2.05) is 6.92 Å². The Morgan fingerprint density at radius 2 is 2.00 bits per heavy atom. The first-order valence-electron chi connectivity index (χ1n) is 7.43. The summed E-state index contributed by atoms with van der Waals surface area (Å²) in [6.45, 7) is 2.81. The Balaban J connectivity index is 1.92. The van der Waals surface area contributed by atoms with Crippen LogP contribution in [0.4, 0.5) is 16.2 Å². The van der Waals surface area contributed by atoms with E-state index in [9.17, 15) is 9.59 Å². The molecule has 7 heteroatoms. The van der Waals surface area contributed by atoms with Crippen molar-refractivity contribution in [2.45, 2.75) is 32.0 Å². The summed E-state index contributed by atoms with van der Waals surface area (Å²) in [5.74, 6) is -0.189. The van der Waals surface area contributed by atoms with Gasteiger partial charge >= 0.3 is 6.03 Å². The molecule has 120 valence electrons. The number of urea groups is 1. The van der Waals surface area contributed by atoms with Crippen molar-refractivity contribution in [2.24, 2.45) is 5.73 Å². The molecule has 1 fully saturated rings. The maximum absolute atomic E-state index is 12.1. The summed E-state index contributed by atoms with van der Waals surface area (Å²) in [6, 6.07) is 6.69. The zero-order valence-corrected chi connectivity index (χ0v) is 12.6. The minimum Gasteiger partial charge on any atom is -0.364 e. The van der Waals surface area contributed by atoms with Gasteiger partial charge in [0.2, 0.25) is 0 Å². The van der Waals surface area contributed by atoms with Gasteiger partial charge in [-0.1, -0.05) is 6.07 Å². The molecule has 0 aromatic heterocycles. The van der Waals surface area contributed by atoms with Gasteiger partial charge in [-0.05, 0) is 38.0 Å². The number of anilines is 2. The monoisotopic (exact) mass is 306 g/mol. The molecule has 1 aromatic rings. The summed E-state index contributed by atoms with van der Waals surface area (Å²) >= 11 is 0. The van der Waals surface area contributed by atoms with Gasteiger partial charge in [0.25, 0.3) is 5.91 Å². The van der Waals surface area contributed by atoms with Gasteiger partial charge < -0.3 is 26.4 Å². The molecular weight excluding hydrogens is 284 g/mol. The van der Waals surface area contributed by atoms with Crippen LogP contribution in [0.25, 0.3) is 0 Å². The summed E-state index contributed by atoms with van der Waals surface area (Å²) in [7, 11) is 0. The second kappa shape index (κ2) is 7.77. The number of nitrogens with two attached hydrogens (primary N) is 1. The van der Waals surface area contributed by atoms with Crippen molar-refractivity contribution in [3.63, 3.8) is 0 Å². The van der Waals surface area contributed by atoms with Gasteiger partial charge in [-0.15, -0.1) is 0 Å². The molecule has 0 saturated carbocycles. The van der Waals surface area contributed by atoms with Gasteiger partial charge in [0.05, 0.1) is 6.10 Å². The van der Waals surface area contributed by atoms with Crippen LogP contribution in [0.5, 0.6) is 0 Å². The number of amides is 3. The molecule has 0 radical (unpaired) electrons. The first-order chi connectivity index (χ1) is 10.6. The summed E-state index contributed by atoms with van der Waals surface area (Å²) in [4.78, 5) is 23.6. The molecule has 0 unspecified atom stereocenters. The average molecular weight is 306 g/mol. The van der Waals surface area contributed by atoms with Crippen LogP contribution in [0.2, 0.25) is 0 Å². The Kier molecular flexibility index (Phi) is 5.74. The van der Waals surface area contributed by atoms with Crippen molar-refractivity contribution >= 4 is 23.3 Å². The summed E-state index contributed by atoms with van der Waals surface area (Å²) in [6.07, 6.45) is 0.966. The molecule has 0 spiro atoms. The van der Waals surface area contributed by atoms with E-state index < -0.39 is 6.10 Å². The van der Waals surface area contributed by atoms with E-state index in [1.165, 1.54) is 0 Å². The van der Waals surface area contributed by atoms with E-state index in [0.29, 0.717) is 30.9 Å². The fourth-order valence-corrected chi connectivity index (χ4v) is 2.31. The third kappa shape index (κ3) is 4.44. The number of hydrogen-bond donors (Lipinski definition) is 4. The van der Waals surface area contributed by atoms with Crippen molar-refractivity contribution in [1.29, 1.82) is 0 Å². The molecule has 22 heavy (non-hydrogen) atoms. The lowest BCUT2D eigenvalue weighted by Crippen LogP contribution is -2.30. The first-order valence-corrected chi connectivity index (χ1v) is 7.43. The molecule has 0 aliphatic carbocycles. The topological polar surface area (TPSA) is 105 Å². The van der Waals surface area contributed by atoms with E-state index in [1.54, 1.807) is 24.3 Å². The zero-order chi connectivity index (χ0) is 15.9. The van der Waals surface area contributed by atoms with Gasteiger partial charge in [0.15, 0.2) is 0 Å². The molecule has 1 saturated heterocycles. The number of carbonyl (C=O) groups is 2. The smallest absolute Gasteiger partial charge is 0.319 e. The van der Waals surface area contributed by atoms with E-state index in [0.717, 1.165) is 6.42 Å². The highest BCUT2D eigenvalue weighted by Gasteiger charge is 2.29. The predicted octanol–water partition coefficient (Wildman–Crippen LogP) is 1.27. The van der Waals surface area contributed by atoms with Crippen LogP contribution in [-0.2, 0) is 9.53 Å². The van der Waals surface area contributed by atoms with Crippen LogP contribution in [-0.4, -0.2) is 37.2 Å². The first kappa shape index (κ1) is 16.3. The predicted molar refractivity (Wildman–Crippen MR) is 84.7 cm³/mol. The molecule has 5 N–H and O–H groups in total. The van der Waals surface area contributed by atoms with Crippen LogP contribution in [0.3, 0.4) is 0 Å². The fraction of sp³-hybridized carbons (Fsp3) is 0.467. The quantitative estimate of drug-likeness (QED) is 0.657. The Labute approximate surface area is 129 Å². The Morgan fingerprint density at radius 1 is 1.27 bits per heavy atom. The van der Waals surface area contributed by atoms with Crippen molar-refractivity contribution in [3.8, 4) is 0 Å². The highest BCUT2D eigenvalue weighted by molar-refractivity contribution is 5.95. The van der Waals surface area contributed by atoms with E-state index in [-0.39, 0.29) is 18.0 Å². The molecule has 1 aliphatic heterocycles. The van der Waals surface area contributed by atoms with Gasteiger partial charge in [-0.2, -0.15) is 0 Å². The number of hydrogen-bond acceptors (Lipinski definition) is 4. The lowest BCUT2D eigenvalue weighted by Gasteiger charge is -2.13. The summed E-state index contributed by atoms with van der Waals surface area (Å²) < 4.78 is 5.55. The lowest BCUT2D eigenvalue weighted by atomic mass is 10.2. The number of ether oxygens (including phenoxy) is 1. The van der Waals surface area contributed by atoms with Gasteiger partial charge in [-0.25, -0.2) is 4.79 Å². The van der Waals surface area contributed by atoms with Crippen LogP contribution in [0.1, 0.15) is 19.8 Å². The SMILES string of the molecule is CCNC(=O)Nc1cccc(NC(=O)[C@@H]2CC[C@H](CN)O2)c1. The lowest BCUT2D eigenvalue weighted by molar-refractivity contribution is -0.126. The van der Waals surface area contributed by atoms with E-state index in [4.69, 9.17) is 10.5 Å². The van der Waals surface area contributed by atoms with Gasteiger partial charge in [0.1, 0.15) is 6.10 Å². The molecule has 7 nitrogen and oxygen atoms in total. The number of nitrogens with one attached hydrogen (secondary N) is 3. The standard InChI is InChI=1S/C15H22N4O3/c1-2-17-15(21)19-11-5-3-4-10(8-11)18-14(20)13-7-6-12(9-16)22-13/h3-5,8,12-13H,2,6-7,9,16H2,1H3,(H,18,20)(H2,17,19,21)/t12-,13+/m1/s1. The zero-order valence-electron chi connectivity index (χ0n) is 12.6. The van der Waals surface area contributed by atoms with Crippen LogP contribution in [0.15, 0.2) is 24.3 Å². The molecule has 3 amide bonds. The minimum absolute atomic E-state index is 0.0403. The molecule has 2 atom stereocenters. The number of benzene rings is 1. The summed E-state index contributed by atoms with van der Waals surface area (Å²) in [5, 5.41) is 8.13. The van der Waals surface area contributed by atoms with Crippen molar-refractivity contribution in [3.05, 3.63) is 24.3 Å². The fourth-order valence-electron chi connectivity index (χ4n) is 2.31. The molecule has 1 aromatic carbocycles. The Hall–Kier alpha value is -2.12. The van der Waals surface area contributed by atoms with E-state index >= 15 is 0 Å².